The summed E-state index contributed by atoms with van der Waals surface area (Å²) in [4.78, 5) is 0. The van der Waals surface area contributed by atoms with Crippen LogP contribution in [0.1, 0.15) is 13.3 Å². The van der Waals surface area contributed by atoms with Gasteiger partial charge in [-0.25, -0.2) is 8.42 Å². The van der Waals surface area contributed by atoms with Gasteiger partial charge in [0.2, 0.25) is 0 Å². The van der Waals surface area contributed by atoms with Gasteiger partial charge in [0.05, 0.1) is 11.5 Å². The molecule has 1 rings (SSSR count). The molecule has 1 fully saturated rings. The van der Waals surface area contributed by atoms with Crippen LogP contribution in [-0.4, -0.2) is 23.8 Å². The highest BCUT2D eigenvalue weighted by molar-refractivity contribution is 14.1. The fraction of sp³-hybridized carbons (Fsp3) is 1.00. The van der Waals surface area contributed by atoms with Gasteiger partial charge >= 0.3 is 0 Å². The number of hydrogen-bond donors (Lipinski definition) is 0. The van der Waals surface area contributed by atoms with Gasteiger partial charge in [-0.15, -0.1) is 0 Å². The number of rotatable bonds is 0. The summed E-state index contributed by atoms with van der Waals surface area (Å²) >= 11 is 2.22. The molecule has 2 unspecified atom stereocenters. The molecule has 0 saturated carbocycles. The molecular weight excluding hydrogens is 263 g/mol. The van der Waals surface area contributed by atoms with Crippen LogP contribution in [0.5, 0.6) is 0 Å². The summed E-state index contributed by atoms with van der Waals surface area (Å²) in [7, 11) is -2.69. The zero-order valence-corrected chi connectivity index (χ0v) is 8.85. The quantitative estimate of drug-likeness (QED) is 0.492. The zero-order chi connectivity index (χ0) is 7.78. The highest BCUT2D eigenvalue weighted by Crippen LogP contribution is 2.23. The average molecular weight is 274 g/mol. The van der Waals surface area contributed by atoms with Crippen LogP contribution in [0, 0.1) is 5.92 Å². The van der Waals surface area contributed by atoms with Gasteiger partial charge in [-0.3, -0.25) is 0 Å². The molecule has 0 aromatic carbocycles. The average Bonchev–Trinajstić information content (AvgIpc) is 1.54. The van der Waals surface area contributed by atoms with Crippen molar-refractivity contribution in [3.05, 3.63) is 0 Å². The van der Waals surface area contributed by atoms with Crippen LogP contribution < -0.4 is 0 Å². The fourth-order valence-electron chi connectivity index (χ4n) is 1.35. The molecule has 4 heteroatoms. The Bertz CT molecular complexity index is 194. The van der Waals surface area contributed by atoms with Gasteiger partial charge in [-0.1, -0.05) is 29.5 Å². The molecule has 10 heavy (non-hydrogen) atoms. The summed E-state index contributed by atoms with van der Waals surface area (Å²) < 4.78 is 22.5. The van der Waals surface area contributed by atoms with Crippen LogP contribution in [-0.2, 0) is 9.84 Å². The Hall–Kier alpha value is 0.680. The largest absolute Gasteiger partial charge is 0.229 e. The molecule has 2 nitrogen and oxygen atoms in total. The lowest BCUT2D eigenvalue weighted by molar-refractivity contribution is 0.527. The number of halogens is 1. The van der Waals surface area contributed by atoms with E-state index in [0.29, 0.717) is 21.3 Å². The van der Waals surface area contributed by atoms with Crippen molar-refractivity contribution in [1.29, 1.82) is 0 Å². The van der Waals surface area contributed by atoms with Crippen molar-refractivity contribution in [2.24, 2.45) is 5.92 Å². The molecular formula is C6H11IO2S. The molecule has 1 aliphatic rings. The maximum absolute atomic E-state index is 11.1. The van der Waals surface area contributed by atoms with Crippen LogP contribution >= 0.6 is 22.6 Å². The van der Waals surface area contributed by atoms with Gasteiger partial charge in [-0.2, -0.15) is 0 Å². The predicted molar refractivity (Wildman–Crippen MR) is 50.2 cm³/mol. The molecule has 0 aliphatic carbocycles. The highest BCUT2D eigenvalue weighted by atomic mass is 127. The maximum atomic E-state index is 11.1. The molecule has 0 amide bonds. The maximum Gasteiger partial charge on any atom is 0.151 e. The normalized spacial score (nSPS) is 39.4. The van der Waals surface area contributed by atoms with Gasteiger partial charge in [-0.05, 0) is 12.3 Å². The van der Waals surface area contributed by atoms with Crippen molar-refractivity contribution in [2.45, 2.75) is 17.3 Å². The monoisotopic (exact) mass is 274 g/mol. The molecule has 2 atom stereocenters. The Morgan fingerprint density at radius 3 is 2.40 bits per heavy atom. The second kappa shape index (κ2) is 2.97. The van der Waals surface area contributed by atoms with E-state index in [9.17, 15) is 8.42 Å². The van der Waals surface area contributed by atoms with E-state index in [-0.39, 0.29) is 0 Å². The van der Waals surface area contributed by atoms with Crippen molar-refractivity contribution < 1.29 is 8.42 Å². The fourth-order valence-corrected chi connectivity index (χ4v) is 5.69. The summed E-state index contributed by atoms with van der Waals surface area (Å²) in [6.45, 7) is 2.00. The minimum atomic E-state index is -2.69. The SMILES string of the molecule is CC1CC(I)CS(=O)(=O)C1. The Morgan fingerprint density at radius 2 is 2.00 bits per heavy atom. The van der Waals surface area contributed by atoms with E-state index < -0.39 is 9.84 Å². The van der Waals surface area contributed by atoms with Gasteiger partial charge < -0.3 is 0 Å². The first kappa shape index (κ1) is 8.77. The first-order valence-electron chi connectivity index (χ1n) is 3.34. The Balaban J connectivity index is 2.69. The molecule has 1 heterocycles. The van der Waals surface area contributed by atoms with E-state index in [2.05, 4.69) is 22.6 Å². The number of sulfone groups is 1. The Morgan fingerprint density at radius 1 is 1.40 bits per heavy atom. The van der Waals surface area contributed by atoms with Crippen molar-refractivity contribution in [3.8, 4) is 0 Å². The van der Waals surface area contributed by atoms with Gasteiger partial charge in [0.15, 0.2) is 9.84 Å². The summed E-state index contributed by atoms with van der Waals surface area (Å²) in [6, 6.07) is 0. The van der Waals surface area contributed by atoms with Crippen LogP contribution in [0.2, 0.25) is 0 Å². The minimum absolute atomic E-state index is 0.339. The smallest absolute Gasteiger partial charge is 0.151 e. The summed E-state index contributed by atoms with van der Waals surface area (Å²) in [5, 5.41) is 0. The topological polar surface area (TPSA) is 34.1 Å². The third kappa shape index (κ3) is 2.38. The number of alkyl halides is 1. The first-order chi connectivity index (χ1) is 4.49. The lowest BCUT2D eigenvalue weighted by atomic mass is 10.1. The second-order valence-electron chi connectivity index (χ2n) is 3.02. The third-order valence-electron chi connectivity index (χ3n) is 1.63. The second-order valence-corrected chi connectivity index (χ2v) is 6.93. The van der Waals surface area contributed by atoms with Crippen LogP contribution in [0.3, 0.4) is 0 Å². The molecule has 60 valence electrons. The van der Waals surface area contributed by atoms with Crippen LogP contribution in [0.4, 0.5) is 0 Å². The summed E-state index contributed by atoms with van der Waals surface area (Å²) in [6.07, 6.45) is 1.06. The van der Waals surface area contributed by atoms with Gasteiger partial charge in [0.25, 0.3) is 0 Å². The molecule has 0 radical (unpaired) electrons. The first-order valence-corrected chi connectivity index (χ1v) is 6.41. The van der Waals surface area contributed by atoms with Crippen molar-refractivity contribution in [2.75, 3.05) is 11.5 Å². The molecule has 1 aliphatic heterocycles. The van der Waals surface area contributed by atoms with Crippen molar-refractivity contribution in [3.63, 3.8) is 0 Å². The number of hydrogen-bond acceptors (Lipinski definition) is 2. The lowest BCUT2D eigenvalue weighted by Crippen LogP contribution is -2.30. The van der Waals surface area contributed by atoms with Crippen molar-refractivity contribution >= 4 is 32.4 Å². The summed E-state index contributed by atoms with van der Waals surface area (Å²) in [5.74, 6) is 1.14. The van der Waals surface area contributed by atoms with Crippen LogP contribution in [0.15, 0.2) is 0 Å². The molecule has 0 N–H and O–H groups in total. The van der Waals surface area contributed by atoms with E-state index in [1.54, 1.807) is 0 Å². The van der Waals surface area contributed by atoms with E-state index in [1.165, 1.54) is 0 Å². The van der Waals surface area contributed by atoms with Gasteiger partial charge in [0, 0.05) is 3.92 Å². The summed E-state index contributed by atoms with van der Waals surface area (Å²) in [5.41, 5.74) is 0. The van der Waals surface area contributed by atoms with Crippen LogP contribution in [0.25, 0.3) is 0 Å². The lowest BCUT2D eigenvalue weighted by Gasteiger charge is -2.22. The van der Waals surface area contributed by atoms with E-state index in [0.717, 1.165) is 6.42 Å². The van der Waals surface area contributed by atoms with Crippen molar-refractivity contribution in [1.82, 2.24) is 0 Å². The Labute approximate surface area is 75.4 Å². The molecule has 0 aromatic heterocycles. The van der Waals surface area contributed by atoms with Gasteiger partial charge in [0.1, 0.15) is 0 Å². The molecule has 0 bridgehead atoms. The Kier molecular flexibility index (Phi) is 2.60. The molecule has 0 spiro atoms. The predicted octanol–water partition coefficient (Wildman–Crippen LogP) is 1.24. The standard InChI is InChI=1S/C6H11IO2S/c1-5-2-6(7)4-10(8,9)3-5/h5-6H,2-4H2,1H3. The van der Waals surface area contributed by atoms with E-state index in [1.807, 2.05) is 6.92 Å². The molecule has 0 aromatic rings. The van der Waals surface area contributed by atoms with E-state index in [4.69, 9.17) is 0 Å². The van der Waals surface area contributed by atoms with E-state index >= 15 is 0 Å². The zero-order valence-electron chi connectivity index (χ0n) is 5.88. The highest BCUT2D eigenvalue weighted by Gasteiger charge is 2.27. The third-order valence-corrected chi connectivity index (χ3v) is 5.17. The molecule has 1 saturated heterocycles. The minimum Gasteiger partial charge on any atom is -0.229 e.